The zero-order chi connectivity index (χ0) is 24.0. The third-order valence-corrected chi connectivity index (χ3v) is 5.94. The highest BCUT2D eigenvalue weighted by atomic mass is 16.5. The van der Waals surface area contributed by atoms with Crippen molar-refractivity contribution in [1.29, 1.82) is 0 Å². The van der Waals surface area contributed by atoms with Crippen LogP contribution >= 0.6 is 0 Å². The van der Waals surface area contributed by atoms with E-state index in [-0.39, 0.29) is 30.9 Å². The molecule has 1 aliphatic carbocycles. The Morgan fingerprint density at radius 1 is 1.09 bits per heavy atom. The van der Waals surface area contributed by atoms with E-state index in [4.69, 9.17) is 28.1 Å². The van der Waals surface area contributed by atoms with Crippen molar-refractivity contribution in [3.63, 3.8) is 0 Å². The molecule has 3 heterocycles. The molecule has 0 atom stereocenters. The molecule has 1 saturated carbocycles. The van der Waals surface area contributed by atoms with Crippen molar-refractivity contribution in [3.8, 4) is 11.3 Å². The predicted molar refractivity (Wildman–Crippen MR) is 126 cm³/mol. The summed E-state index contributed by atoms with van der Waals surface area (Å²) >= 11 is 0. The average Bonchev–Trinajstić information content (AvgIpc) is 3.67. The summed E-state index contributed by atoms with van der Waals surface area (Å²) < 4.78 is 6.79. The number of hydrazine groups is 3. The van der Waals surface area contributed by atoms with E-state index in [0.29, 0.717) is 33.9 Å². The molecule has 3 aromatic rings. The van der Waals surface area contributed by atoms with Gasteiger partial charge < -0.3 is 10.6 Å². The van der Waals surface area contributed by atoms with Crippen molar-refractivity contribution in [2.75, 3.05) is 22.5 Å². The number of aromatic nitrogens is 2. The van der Waals surface area contributed by atoms with Gasteiger partial charge in [0.2, 0.25) is 0 Å². The van der Waals surface area contributed by atoms with Crippen molar-refractivity contribution in [2.45, 2.75) is 25.5 Å². The van der Waals surface area contributed by atoms with Crippen molar-refractivity contribution < 1.29 is 14.3 Å². The number of nitrogens with two attached hydrogens (primary N) is 4. The Labute approximate surface area is 195 Å². The number of rotatable bonds is 5. The number of carbonyl (C=O) groups excluding carboxylic acids is 2. The molecule has 0 spiro atoms. The molecule has 176 valence electrons. The summed E-state index contributed by atoms with van der Waals surface area (Å²) in [6.07, 6.45) is 3.16. The number of ketones is 1. The zero-order valence-electron chi connectivity index (χ0n) is 18.3. The summed E-state index contributed by atoms with van der Waals surface area (Å²) in [6, 6.07) is 11.9. The minimum absolute atomic E-state index is 0.0241. The number of Topliss-reactive ketones (excluding diaryl/α,β-unsaturated/α-hetero) is 1. The van der Waals surface area contributed by atoms with E-state index in [9.17, 15) is 9.59 Å². The predicted octanol–water partition coefficient (Wildman–Crippen LogP) is 1.13. The summed E-state index contributed by atoms with van der Waals surface area (Å²) in [6.45, 7) is 0.0718. The first-order valence-corrected chi connectivity index (χ1v) is 10.7. The van der Waals surface area contributed by atoms with Crippen LogP contribution in [0.25, 0.3) is 11.3 Å². The fraction of sp³-hybridized carbons (Fsp3) is 0.227. The first kappa shape index (κ1) is 21.9. The van der Waals surface area contributed by atoms with E-state index in [2.05, 4.69) is 4.98 Å². The number of nitrogen functional groups attached to an aromatic ring is 1. The minimum Gasteiger partial charge on any atom is -0.367 e. The second kappa shape index (κ2) is 8.43. The number of nitrogens with zero attached hydrogens (tertiary/aromatic N) is 5. The maximum atomic E-state index is 12.9. The van der Waals surface area contributed by atoms with Gasteiger partial charge in [0.15, 0.2) is 11.6 Å². The van der Waals surface area contributed by atoms with Gasteiger partial charge in [-0.25, -0.2) is 32.3 Å². The fourth-order valence-corrected chi connectivity index (χ4v) is 4.03. The first-order chi connectivity index (χ1) is 16.4. The SMILES string of the molecule is NN(C(=O)N(N)C1CC1)c1cc(-c2c(N(N)c3ccccc3)c3c(n2N)COCC3=O)ccn1. The van der Waals surface area contributed by atoms with Gasteiger partial charge in [-0.05, 0) is 37.1 Å². The standard InChI is InChI=1S/C22H25N9O3/c23-28(14-4-2-1-3-5-14)21-19-16(11-34-12-17(19)32)30(25)20(21)13-8-9-27-18(10-13)31(26)22(33)29(24)15-6-7-15/h1-5,8-10,15H,6-7,11-12,23-26H2. The third-order valence-electron chi connectivity index (χ3n) is 5.94. The molecule has 1 aromatic carbocycles. The van der Waals surface area contributed by atoms with Crippen LogP contribution in [-0.2, 0) is 11.3 Å². The lowest BCUT2D eigenvalue weighted by atomic mass is 10.0. The van der Waals surface area contributed by atoms with Crippen molar-refractivity contribution in [3.05, 3.63) is 59.9 Å². The smallest absolute Gasteiger partial charge is 0.354 e. The Bertz CT molecular complexity index is 1260. The number of hydrogen-bond donors (Lipinski definition) is 4. The van der Waals surface area contributed by atoms with Crippen LogP contribution in [0.4, 0.5) is 22.0 Å². The summed E-state index contributed by atoms with van der Waals surface area (Å²) in [7, 11) is 0. The highest BCUT2D eigenvalue weighted by Gasteiger charge is 2.35. The number of fused-ring (bicyclic) bond motifs is 1. The third kappa shape index (κ3) is 3.64. The van der Waals surface area contributed by atoms with Crippen LogP contribution in [0.5, 0.6) is 0 Å². The number of urea groups is 1. The Balaban J connectivity index is 1.62. The molecule has 0 bridgehead atoms. The van der Waals surface area contributed by atoms with Crippen LogP contribution in [-0.4, -0.2) is 39.1 Å². The van der Waals surface area contributed by atoms with E-state index < -0.39 is 6.03 Å². The number of benzene rings is 1. The Morgan fingerprint density at radius 3 is 2.53 bits per heavy atom. The number of ether oxygens (including phenoxy) is 1. The Kier molecular flexibility index (Phi) is 5.42. The minimum atomic E-state index is -0.580. The lowest BCUT2D eigenvalue weighted by Gasteiger charge is -2.24. The van der Waals surface area contributed by atoms with Crippen molar-refractivity contribution in [2.24, 2.45) is 17.5 Å². The van der Waals surface area contributed by atoms with Crippen molar-refractivity contribution >= 4 is 29.0 Å². The van der Waals surface area contributed by atoms with Gasteiger partial charge in [-0.3, -0.25) is 19.5 Å². The zero-order valence-corrected chi connectivity index (χ0v) is 18.3. The normalized spacial score (nSPS) is 15.1. The number of anilines is 3. The topological polar surface area (TPSA) is 175 Å². The van der Waals surface area contributed by atoms with Crippen LogP contribution in [0, 0.1) is 0 Å². The Hall–Kier alpha value is -3.97. The van der Waals surface area contributed by atoms with Crippen LogP contribution < -0.4 is 33.4 Å². The van der Waals surface area contributed by atoms with E-state index >= 15 is 0 Å². The summed E-state index contributed by atoms with van der Waals surface area (Å²) in [5, 5.41) is 3.41. The van der Waals surface area contributed by atoms with E-state index in [1.54, 1.807) is 12.1 Å². The van der Waals surface area contributed by atoms with Gasteiger partial charge in [0.05, 0.1) is 41.0 Å². The lowest BCUT2D eigenvalue weighted by molar-refractivity contribution is 0.0653. The number of pyridine rings is 1. The second-order valence-electron chi connectivity index (χ2n) is 8.20. The fourth-order valence-electron chi connectivity index (χ4n) is 4.03. The molecular formula is C22H25N9O3. The van der Waals surface area contributed by atoms with Gasteiger partial charge in [-0.1, -0.05) is 18.2 Å². The highest BCUT2D eigenvalue weighted by Crippen LogP contribution is 2.41. The molecular weight excluding hydrogens is 438 g/mol. The number of amides is 2. The summed E-state index contributed by atoms with van der Waals surface area (Å²) in [5.74, 6) is 24.8. The maximum Gasteiger partial charge on any atom is 0.354 e. The van der Waals surface area contributed by atoms with Crippen LogP contribution in [0.3, 0.4) is 0 Å². The van der Waals surface area contributed by atoms with E-state index in [1.165, 1.54) is 15.9 Å². The molecule has 0 unspecified atom stereocenters. The van der Waals surface area contributed by atoms with Gasteiger partial charge in [0.1, 0.15) is 6.61 Å². The maximum absolute atomic E-state index is 12.9. The van der Waals surface area contributed by atoms with E-state index in [1.807, 2.05) is 30.3 Å². The van der Waals surface area contributed by atoms with Crippen LogP contribution in [0.1, 0.15) is 28.9 Å². The quantitative estimate of drug-likeness (QED) is 0.245. The van der Waals surface area contributed by atoms with Gasteiger partial charge >= 0.3 is 6.03 Å². The van der Waals surface area contributed by atoms with Gasteiger partial charge in [-0.15, -0.1) is 0 Å². The average molecular weight is 464 g/mol. The summed E-state index contributed by atoms with van der Waals surface area (Å²) in [4.78, 5) is 29.7. The number of carbonyl (C=O) groups is 2. The first-order valence-electron chi connectivity index (χ1n) is 10.7. The molecule has 34 heavy (non-hydrogen) atoms. The molecule has 1 aliphatic heterocycles. The van der Waals surface area contributed by atoms with Crippen LogP contribution in [0.15, 0.2) is 48.7 Å². The second-order valence-corrected chi connectivity index (χ2v) is 8.20. The molecule has 8 N–H and O–H groups in total. The van der Waals surface area contributed by atoms with Gasteiger partial charge in [-0.2, -0.15) is 0 Å². The molecule has 0 saturated heterocycles. The molecule has 5 rings (SSSR count). The molecule has 2 aliphatic rings. The van der Waals surface area contributed by atoms with E-state index in [0.717, 1.165) is 22.9 Å². The van der Waals surface area contributed by atoms with Gasteiger partial charge in [0, 0.05) is 11.8 Å². The lowest BCUT2D eigenvalue weighted by Crippen LogP contribution is -2.51. The molecule has 1 fully saturated rings. The molecule has 12 heteroatoms. The van der Waals surface area contributed by atoms with Gasteiger partial charge in [0.25, 0.3) is 0 Å². The van der Waals surface area contributed by atoms with Crippen molar-refractivity contribution in [1.82, 2.24) is 14.7 Å². The monoisotopic (exact) mass is 463 g/mol. The molecule has 12 nitrogen and oxygen atoms in total. The highest BCUT2D eigenvalue weighted by molar-refractivity contribution is 6.08. The largest absolute Gasteiger partial charge is 0.367 e. The summed E-state index contributed by atoms with van der Waals surface area (Å²) in [5.41, 5.74) is 2.96. The number of hydrogen-bond acceptors (Lipinski definition) is 9. The Morgan fingerprint density at radius 2 is 1.82 bits per heavy atom. The van der Waals surface area contributed by atoms with Crippen LogP contribution in [0.2, 0.25) is 0 Å². The number of para-hydroxylation sites is 1. The molecule has 0 radical (unpaired) electrons. The molecule has 2 amide bonds. The molecule has 2 aromatic heterocycles.